The zero-order chi connectivity index (χ0) is 20.7. The number of rotatable bonds is 4. The Balaban J connectivity index is 2.35. The monoisotopic (exact) mass is 337 g/mol. The maximum absolute atomic E-state index is 14.3. The van der Waals surface area contributed by atoms with E-state index in [2.05, 4.69) is 9.72 Å². The van der Waals surface area contributed by atoms with Gasteiger partial charge in [0.1, 0.15) is 17.5 Å². The van der Waals surface area contributed by atoms with Crippen LogP contribution < -0.4 is 0 Å². The summed E-state index contributed by atoms with van der Waals surface area (Å²) >= 11 is 0. The van der Waals surface area contributed by atoms with E-state index < -0.39 is 47.6 Å². The maximum atomic E-state index is 14.3. The number of carbonyl (C=O) groups is 1. The average Bonchev–Trinajstić information content (AvgIpc) is 3.01. The van der Waals surface area contributed by atoms with Gasteiger partial charge in [0.15, 0.2) is 0 Å². The molecule has 3 nitrogen and oxygen atoms in total. The Kier molecular flexibility index (Phi) is 3.12. The van der Waals surface area contributed by atoms with Gasteiger partial charge in [-0.1, -0.05) is 0 Å². The predicted molar refractivity (Wildman–Crippen MR) is 83.9 cm³/mol. The van der Waals surface area contributed by atoms with Crippen molar-refractivity contribution in [1.29, 1.82) is 0 Å². The van der Waals surface area contributed by atoms with Gasteiger partial charge in [-0.15, -0.1) is 0 Å². The number of fused-ring (bicyclic) bond motifs is 1. The second-order valence-electron chi connectivity index (χ2n) is 5.05. The van der Waals surface area contributed by atoms with E-state index >= 15 is 0 Å². The Bertz CT molecular complexity index is 1090. The molecule has 0 spiro atoms. The first kappa shape index (κ1) is 11.7. The van der Waals surface area contributed by atoms with E-state index in [-0.39, 0.29) is 40.6 Å². The Hall–Kier alpha value is -2.76. The van der Waals surface area contributed by atoms with E-state index in [9.17, 15) is 18.0 Å². The van der Waals surface area contributed by atoms with Crippen molar-refractivity contribution in [3.8, 4) is 11.3 Å². The Morgan fingerprint density at radius 3 is 2.54 bits per heavy atom. The van der Waals surface area contributed by atoms with Gasteiger partial charge in [0.25, 0.3) is 0 Å². The Labute approximate surface area is 141 Å². The van der Waals surface area contributed by atoms with Crippen LogP contribution in [0.15, 0.2) is 36.3 Å². The summed E-state index contributed by atoms with van der Waals surface area (Å²) < 4.78 is 77.8. The molecule has 6 heteroatoms. The van der Waals surface area contributed by atoms with Gasteiger partial charge < -0.3 is 9.72 Å². The fraction of sp³-hybridized carbons (Fsp3) is 0.167. The minimum Gasteiger partial charge on any atom is -0.469 e. The number of hydrogen-bond donors (Lipinski definition) is 1. The second-order valence-corrected chi connectivity index (χ2v) is 5.05. The van der Waals surface area contributed by atoms with Crippen molar-refractivity contribution in [2.45, 2.75) is 12.8 Å². The van der Waals surface area contributed by atoms with E-state index in [1.54, 1.807) is 0 Å². The van der Waals surface area contributed by atoms with Gasteiger partial charge in [-0.3, -0.25) is 4.79 Å². The van der Waals surface area contributed by atoms with Crippen LogP contribution in [0.1, 0.15) is 17.5 Å². The number of carbonyl (C=O) groups excluding carboxylic acids is 1. The molecule has 0 atom stereocenters. The molecule has 0 saturated carbocycles. The summed E-state index contributed by atoms with van der Waals surface area (Å²) in [5, 5.41) is 0.0811. The first-order valence-corrected chi connectivity index (χ1v) is 7.00. The zero-order valence-corrected chi connectivity index (χ0v) is 12.5. The highest BCUT2D eigenvalue weighted by molar-refractivity contribution is 5.91. The van der Waals surface area contributed by atoms with E-state index in [1.807, 2.05) is 0 Å². The summed E-state index contributed by atoms with van der Waals surface area (Å²) in [5.74, 6) is -3.70. The number of esters is 1. The van der Waals surface area contributed by atoms with Gasteiger partial charge in [0.05, 0.1) is 18.1 Å². The second kappa shape index (κ2) is 6.39. The number of nitrogens with one attached hydrogen (secondary N) is 1. The molecule has 0 aliphatic rings. The lowest BCUT2D eigenvalue weighted by Crippen LogP contribution is -2.02. The number of aryl methyl sites for hydroxylation is 1. The molecule has 0 unspecified atom stereocenters. The highest BCUT2D eigenvalue weighted by Crippen LogP contribution is 2.33. The summed E-state index contributed by atoms with van der Waals surface area (Å²) in [6.07, 6.45) is -0.209. The van der Waals surface area contributed by atoms with Crippen molar-refractivity contribution < 1.29 is 28.2 Å². The number of aromatic amines is 1. The highest BCUT2D eigenvalue weighted by atomic mass is 19.1. The van der Waals surface area contributed by atoms with Crippen molar-refractivity contribution in [3.05, 3.63) is 59.3 Å². The van der Waals surface area contributed by atoms with Crippen molar-refractivity contribution >= 4 is 16.9 Å². The van der Waals surface area contributed by atoms with Crippen LogP contribution in [0.4, 0.5) is 13.2 Å². The van der Waals surface area contributed by atoms with E-state index in [1.165, 1.54) is 7.11 Å². The standard InChI is InChI=1S/C18H14F3NO2/c1-24-16(23)7-6-13-14-8-12(20)9-15(21)18(14)22-17(13)10-2-4-11(19)5-3-10/h2-5,8-9,22H,6-7H2,1H3/i2D,3D,4D,5D. The third-order valence-electron chi connectivity index (χ3n) is 3.58. The topological polar surface area (TPSA) is 42.1 Å². The summed E-state index contributed by atoms with van der Waals surface area (Å²) in [5.41, 5.74) is -0.267. The molecule has 1 heterocycles. The van der Waals surface area contributed by atoms with Gasteiger partial charge in [0.2, 0.25) is 0 Å². The van der Waals surface area contributed by atoms with E-state index in [0.29, 0.717) is 6.07 Å². The van der Waals surface area contributed by atoms with Crippen LogP contribution in [0.2, 0.25) is 0 Å². The molecule has 2 aromatic carbocycles. The quantitative estimate of drug-likeness (QED) is 0.719. The summed E-state index contributed by atoms with van der Waals surface area (Å²) in [6.45, 7) is 0. The molecule has 1 N–H and O–H groups in total. The number of methoxy groups -OCH3 is 1. The SMILES string of the molecule is [2H]c1c([2H])c(-c2[nH]c3c(F)cc(F)cc3c2CCC(=O)OC)c([2H])c([2H])c1F. The lowest BCUT2D eigenvalue weighted by Gasteiger charge is -2.05. The van der Waals surface area contributed by atoms with Gasteiger partial charge >= 0.3 is 5.97 Å². The molecule has 3 rings (SSSR count). The lowest BCUT2D eigenvalue weighted by molar-refractivity contribution is -0.140. The predicted octanol–water partition coefficient (Wildman–Crippen LogP) is 4.36. The smallest absolute Gasteiger partial charge is 0.305 e. The van der Waals surface area contributed by atoms with Gasteiger partial charge in [-0.2, -0.15) is 0 Å². The lowest BCUT2D eigenvalue weighted by atomic mass is 10.0. The van der Waals surface area contributed by atoms with Crippen LogP contribution in [-0.4, -0.2) is 18.1 Å². The first-order valence-electron chi connectivity index (χ1n) is 9.00. The maximum Gasteiger partial charge on any atom is 0.305 e. The zero-order valence-electron chi connectivity index (χ0n) is 16.5. The van der Waals surface area contributed by atoms with Crippen LogP contribution >= 0.6 is 0 Å². The van der Waals surface area contributed by atoms with Crippen LogP contribution in [0, 0.1) is 17.5 Å². The molecule has 3 aromatic rings. The van der Waals surface area contributed by atoms with Gasteiger partial charge in [0, 0.05) is 23.6 Å². The molecule has 0 aliphatic carbocycles. The molecule has 124 valence electrons. The average molecular weight is 337 g/mol. The molecule has 0 fully saturated rings. The summed E-state index contributed by atoms with van der Waals surface area (Å²) in [6, 6.07) is -1.45. The van der Waals surface area contributed by atoms with Crippen LogP contribution in [0.25, 0.3) is 22.2 Å². The largest absolute Gasteiger partial charge is 0.469 e. The molecule has 0 saturated heterocycles. The van der Waals surface area contributed by atoms with Gasteiger partial charge in [-0.05, 0) is 47.8 Å². The Morgan fingerprint density at radius 1 is 1.17 bits per heavy atom. The molecule has 0 radical (unpaired) electrons. The van der Waals surface area contributed by atoms with Gasteiger partial charge in [-0.25, -0.2) is 13.2 Å². The number of ether oxygens (including phenoxy) is 1. The fourth-order valence-electron chi connectivity index (χ4n) is 2.50. The molecule has 0 amide bonds. The van der Waals surface area contributed by atoms with Crippen molar-refractivity contribution in [3.63, 3.8) is 0 Å². The number of H-pyrrole nitrogens is 1. The third-order valence-corrected chi connectivity index (χ3v) is 3.58. The first-order chi connectivity index (χ1) is 13.2. The minimum atomic E-state index is -1.32. The molecular formula is C18H14F3NO2. The highest BCUT2D eigenvalue weighted by Gasteiger charge is 2.18. The summed E-state index contributed by atoms with van der Waals surface area (Å²) in [7, 11) is 1.18. The molecule has 1 aromatic heterocycles. The third kappa shape index (κ3) is 2.99. The normalized spacial score (nSPS) is 13.3. The molecular weight excluding hydrogens is 319 g/mol. The van der Waals surface area contributed by atoms with E-state index in [0.717, 1.165) is 6.07 Å². The van der Waals surface area contributed by atoms with Crippen molar-refractivity contribution in [2.75, 3.05) is 7.11 Å². The van der Waals surface area contributed by atoms with Crippen LogP contribution in [0.5, 0.6) is 0 Å². The molecule has 0 bridgehead atoms. The Morgan fingerprint density at radius 2 is 1.88 bits per heavy atom. The summed E-state index contributed by atoms with van der Waals surface area (Å²) in [4.78, 5) is 14.2. The number of benzene rings is 2. The molecule has 24 heavy (non-hydrogen) atoms. The number of aromatic nitrogens is 1. The minimum absolute atomic E-state index is 0.0413. The van der Waals surface area contributed by atoms with Crippen LogP contribution in [0.3, 0.4) is 0 Å². The number of halogens is 3. The molecule has 0 aliphatic heterocycles. The van der Waals surface area contributed by atoms with Crippen molar-refractivity contribution in [2.24, 2.45) is 0 Å². The fourth-order valence-corrected chi connectivity index (χ4v) is 2.50. The van der Waals surface area contributed by atoms with E-state index in [4.69, 9.17) is 5.48 Å². The van der Waals surface area contributed by atoms with Crippen molar-refractivity contribution in [1.82, 2.24) is 4.98 Å². The number of hydrogen-bond acceptors (Lipinski definition) is 2. The van der Waals surface area contributed by atoms with Crippen LogP contribution in [-0.2, 0) is 16.0 Å².